The van der Waals surface area contributed by atoms with Gasteiger partial charge in [-0.3, -0.25) is 14.3 Å². The van der Waals surface area contributed by atoms with Gasteiger partial charge in [-0.2, -0.15) is 0 Å². The summed E-state index contributed by atoms with van der Waals surface area (Å²) in [6, 6.07) is 16.8. The van der Waals surface area contributed by atoms with Gasteiger partial charge in [-0.15, -0.1) is 0 Å². The van der Waals surface area contributed by atoms with Crippen molar-refractivity contribution in [3.63, 3.8) is 0 Å². The molecule has 37 heavy (non-hydrogen) atoms. The minimum Gasteiger partial charge on any atom is -0.338 e. The van der Waals surface area contributed by atoms with Crippen LogP contribution in [0.25, 0.3) is 0 Å². The number of sulfonamides is 1. The Morgan fingerprint density at radius 3 is 2.11 bits per heavy atom. The van der Waals surface area contributed by atoms with Crippen LogP contribution in [0.5, 0.6) is 0 Å². The lowest BCUT2D eigenvalue weighted by molar-refractivity contribution is -0.135. The molecule has 3 rings (SSSR count). The fraction of sp³-hybridized carbons (Fsp3) is 0.517. The number of amides is 2. The zero-order valence-corrected chi connectivity index (χ0v) is 23.2. The molecular weight excluding hydrogens is 486 g/mol. The zero-order chi connectivity index (χ0) is 26.8. The third kappa shape index (κ3) is 8.88. The average Bonchev–Trinajstić information content (AvgIpc) is 3.67. The van der Waals surface area contributed by atoms with Gasteiger partial charge in [-0.1, -0.05) is 69.4 Å². The zero-order valence-electron chi connectivity index (χ0n) is 22.4. The van der Waals surface area contributed by atoms with E-state index >= 15 is 0 Å². The second-order valence-electron chi connectivity index (χ2n) is 9.97. The summed E-state index contributed by atoms with van der Waals surface area (Å²) in [5.41, 5.74) is 2.24. The first-order chi connectivity index (χ1) is 17.7. The second kappa shape index (κ2) is 13.6. The summed E-state index contributed by atoms with van der Waals surface area (Å²) in [7, 11) is -3.37. The highest BCUT2D eigenvalue weighted by Crippen LogP contribution is 2.42. The Morgan fingerprint density at radius 1 is 0.865 bits per heavy atom. The molecular formula is C29H41N3O4S. The SMILES string of the molecule is CCCCCCCCN(Cc1ccccc1)C(=O)C1CC1C(=O)N(CC)c1ccc(NS(C)(=O)=O)cc1. The fourth-order valence-electron chi connectivity index (χ4n) is 4.72. The number of carbonyl (C=O) groups excluding carboxylic acids is 2. The molecule has 2 atom stereocenters. The maximum absolute atomic E-state index is 13.5. The lowest BCUT2D eigenvalue weighted by atomic mass is 10.1. The van der Waals surface area contributed by atoms with E-state index < -0.39 is 10.0 Å². The van der Waals surface area contributed by atoms with Crippen LogP contribution >= 0.6 is 0 Å². The smallest absolute Gasteiger partial charge is 0.230 e. The molecule has 1 saturated carbocycles. The number of unbranched alkanes of at least 4 members (excludes halogenated alkanes) is 5. The van der Waals surface area contributed by atoms with Gasteiger partial charge in [-0.05, 0) is 49.6 Å². The van der Waals surface area contributed by atoms with Crippen LogP contribution < -0.4 is 9.62 Å². The van der Waals surface area contributed by atoms with Gasteiger partial charge in [-0.25, -0.2) is 8.42 Å². The number of rotatable bonds is 15. The van der Waals surface area contributed by atoms with Crippen molar-refractivity contribution in [3.05, 3.63) is 60.2 Å². The van der Waals surface area contributed by atoms with E-state index in [4.69, 9.17) is 0 Å². The molecule has 2 aromatic carbocycles. The van der Waals surface area contributed by atoms with Gasteiger partial charge in [0, 0.05) is 31.0 Å². The maximum atomic E-state index is 13.5. The van der Waals surface area contributed by atoms with Crippen LogP contribution in [0.1, 0.15) is 64.4 Å². The number of benzene rings is 2. The predicted molar refractivity (Wildman–Crippen MR) is 150 cm³/mol. The van der Waals surface area contributed by atoms with Gasteiger partial charge in [0.15, 0.2) is 0 Å². The number of nitrogens with zero attached hydrogens (tertiary/aromatic N) is 2. The second-order valence-corrected chi connectivity index (χ2v) is 11.7. The highest BCUT2D eigenvalue weighted by atomic mass is 32.2. The largest absolute Gasteiger partial charge is 0.338 e. The van der Waals surface area contributed by atoms with Gasteiger partial charge < -0.3 is 9.80 Å². The van der Waals surface area contributed by atoms with Crippen molar-refractivity contribution in [3.8, 4) is 0 Å². The molecule has 1 aliphatic rings. The molecule has 2 aromatic rings. The highest BCUT2D eigenvalue weighted by Gasteiger charge is 2.50. The van der Waals surface area contributed by atoms with Crippen molar-refractivity contribution in [2.24, 2.45) is 11.8 Å². The molecule has 1 fully saturated rings. The molecule has 202 valence electrons. The van der Waals surface area contributed by atoms with Crippen LogP contribution in [0.4, 0.5) is 11.4 Å². The summed E-state index contributed by atoms with van der Waals surface area (Å²) in [5.74, 6) is -0.580. The number of hydrogen-bond donors (Lipinski definition) is 1. The normalized spacial score (nSPS) is 16.7. The molecule has 1 aliphatic carbocycles. The van der Waals surface area contributed by atoms with Crippen LogP contribution in [-0.2, 0) is 26.2 Å². The Bertz CT molecular complexity index is 1120. The molecule has 1 N–H and O–H groups in total. The van der Waals surface area contributed by atoms with Gasteiger partial charge in [0.25, 0.3) is 0 Å². The molecule has 0 radical (unpaired) electrons. The van der Waals surface area contributed by atoms with E-state index in [0.29, 0.717) is 37.4 Å². The molecule has 2 unspecified atom stereocenters. The highest BCUT2D eigenvalue weighted by molar-refractivity contribution is 7.92. The Kier molecular flexibility index (Phi) is 10.6. The molecule has 0 bridgehead atoms. The summed E-state index contributed by atoms with van der Waals surface area (Å²) >= 11 is 0. The molecule has 0 heterocycles. The lowest BCUT2D eigenvalue weighted by Crippen LogP contribution is -2.36. The number of carbonyl (C=O) groups is 2. The third-order valence-corrected chi connectivity index (χ3v) is 7.41. The van der Waals surface area contributed by atoms with Crippen LogP contribution in [0.15, 0.2) is 54.6 Å². The third-order valence-electron chi connectivity index (χ3n) is 6.80. The summed E-state index contributed by atoms with van der Waals surface area (Å²) in [4.78, 5) is 30.5. The standard InChI is InChI=1S/C29H41N3O4S/c1-4-6-7-8-9-13-20-31(22-23-14-11-10-12-15-23)28(33)26-21-27(26)29(34)32(5-2)25-18-16-24(17-19-25)30-37(3,35)36/h10-12,14-19,26-27,30H,4-9,13,20-22H2,1-3H3. The number of hydrogen-bond acceptors (Lipinski definition) is 4. The molecule has 2 amide bonds. The van der Waals surface area contributed by atoms with E-state index in [1.807, 2.05) is 42.2 Å². The molecule has 0 aromatic heterocycles. The van der Waals surface area contributed by atoms with Crippen molar-refractivity contribution in [1.29, 1.82) is 0 Å². The van der Waals surface area contributed by atoms with Gasteiger partial charge in [0.1, 0.15) is 0 Å². The summed E-state index contributed by atoms with van der Waals surface area (Å²) in [6.45, 7) is 5.86. The van der Waals surface area contributed by atoms with Crippen molar-refractivity contribution in [2.75, 3.05) is 29.0 Å². The average molecular weight is 528 g/mol. The van der Waals surface area contributed by atoms with Crippen molar-refractivity contribution < 1.29 is 18.0 Å². The Morgan fingerprint density at radius 2 is 1.49 bits per heavy atom. The van der Waals surface area contributed by atoms with E-state index in [-0.39, 0.29) is 23.7 Å². The molecule has 8 heteroatoms. The van der Waals surface area contributed by atoms with Crippen LogP contribution in [0.3, 0.4) is 0 Å². The first kappa shape index (κ1) is 28.7. The quantitative estimate of drug-likeness (QED) is 0.313. The topological polar surface area (TPSA) is 86.8 Å². The van der Waals surface area contributed by atoms with E-state index in [1.54, 1.807) is 29.2 Å². The Labute approximate surface area is 222 Å². The van der Waals surface area contributed by atoms with Crippen LogP contribution in [0, 0.1) is 11.8 Å². The Balaban J connectivity index is 1.63. The molecule has 0 spiro atoms. The van der Waals surface area contributed by atoms with Gasteiger partial charge >= 0.3 is 0 Å². The number of anilines is 2. The van der Waals surface area contributed by atoms with Crippen molar-refractivity contribution in [1.82, 2.24) is 4.90 Å². The van der Waals surface area contributed by atoms with Crippen molar-refractivity contribution in [2.45, 2.75) is 65.3 Å². The minimum absolute atomic E-state index is 0.0519. The summed E-state index contributed by atoms with van der Waals surface area (Å²) < 4.78 is 25.4. The van der Waals surface area contributed by atoms with Gasteiger partial charge in [0.2, 0.25) is 21.8 Å². The van der Waals surface area contributed by atoms with E-state index in [2.05, 4.69) is 11.6 Å². The lowest BCUT2D eigenvalue weighted by Gasteiger charge is -2.24. The summed E-state index contributed by atoms with van der Waals surface area (Å²) in [5, 5.41) is 0. The van der Waals surface area contributed by atoms with Crippen molar-refractivity contribution >= 4 is 33.2 Å². The monoisotopic (exact) mass is 527 g/mol. The maximum Gasteiger partial charge on any atom is 0.230 e. The molecule has 7 nitrogen and oxygen atoms in total. The van der Waals surface area contributed by atoms with Gasteiger partial charge in [0.05, 0.1) is 18.1 Å². The first-order valence-corrected chi connectivity index (χ1v) is 15.3. The van der Waals surface area contributed by atoms with E-state index in [1.165, 1.54) is 25.7 Å². The van der Waals surface area contributed by atoms with E-state index in [0.717, 1.165) is 24.7 Å². The van der Waals surface area contributed by atoms with Crippen LogP contribution in [-0.4, -0.2) is 44.5 Å². The van der Waals surface area contributed by atoms with Crippen LogP contribution in [0.2, 0.25) is 0 Å². The number of nitrogens with one attached hydrogen (secondary N) is 1. The summed E-state index contributed by atoms with van der Waals surface area (Å²) in [6.07, 6.45) is 8.65. The molecule has 0 saturated heterocycles. The first-order valence-electron chi connectivity index (χ1n) is 13.5. The predicted octanol–water partition coefficient (Wildman–Crippen LogP) is 5.44. The fourth-order valence-corrected chi connectivity index (χ4v) is 5.28. The minimum atomic E-state index is -3.37. The van der Waals surface area contributed by atoms with E-state index in [9.17, 15) is 18.0 Å². The molecule has 0 aliphatic heterocycles. The Hall–Kier alpha value is -2.87.